The molecule has 4 heterocycles. The molecule has 1 N–H and O–H groups in total. The number of thiophene rings is 1. The van der Waals surface area contributed by atoms with Crippen molar-refractivity contribution in [1.29, 1.82) is 0 Å². The van der Waals surface area contributed by atoms with E-state index in [1.54, 1.807) is 17.4 Å². The van der Waals surface area contributed by atoms with Gasteiger partial charge in [-0.3, -0.25) is 4.90 Å². The first-order valence-electron chi connectivity index (χ1n) is 9.50. The number of rotatable bonds is 4. The number of nitrogens with one attached hydrogen (secondary N) is 1. The summed E-state index contributed by atoms with van der Waals surface area (Å²) in [7, 11) is 0. The number of fused-ring (bicyclic) bond motifs is 1. The van der Waals surface area contributed by atoms with E-state index in [0.717, 1.165) is 55.0 Å². The molecule has 0 saturated carbocycles. The van der Waals surface area contributed by atoms with Gasteiger partial charge in [0, 0.05) is 63.9 Å². The number of pyridine rings is 1. The van der Waals surface area contributed by atoms with Crippen LogP contribution >= 0.6 is 22.9 Å². The predicted octanol–water partition coefficient (Wildman–Crippen LogP) is 5.58. The van der Waals surface area contributed by atoms with Gasteiger partial charge < -0.3 is 9.72 Å². The molecule has 1 saturated heterocycles. The number of halogens is 2. The first-order chi connectivity index (χ1) is 14.2. The van der Waals surface area contributed by atoms with Crippen molar-refractivity contribution >= 4 is 34.0 Å². The lowest BCUT2D eigenvalue weighted by Crippen LogP contribution is -2.35. The average Bonchev–Trinajstić information content (AvgIpc) is 3.37. The number of hydrogen-bond donors (Lipinski definition) is 1. The van der Waals surface area contributed by atoms with Crippen LogP contribution < -0.4 is 0 Å². The Kier molecular flexibility index (Phi) is 5.09. The summed E-state index contributed by atoms with van der Waals surface area (Å²) >= 11 is 8.00. The van der Waals surface area contributed by atoms with Crippen LogP contribution in [0.2, 0.25) is 5.02 Å². The van der Waals surface area contributed by atoms with Crippen LogP contribution in [0.4, 0.5) is 4.39 Å². The maximum atomic E-state index is 13.9. The number of aromatic amines is 1. The van der Waals surface area contributed by atoms with Crippen molar-refractivity contribution in [2.45, 2.75) is 6.54 Å². The van der Waals surface area contributed by atoms with Gasteiger partial charge in [0.1, 0.15) is 11.5 Å². The second kappa shape index (κ2) is 7.88. The van der Waals surface area contributed by atoms with Crippen LogP contribution in [0.1, 0.15) is 4.88 Å². The molecular weight excluding hydrogens is 409 g/mol. The van der Waals surface area contributed by atoms with Crippen LogP contribution in [0.25, 0.3) is 32.6 Å². The summed E-state index contributed by atoms with van der Waals surface area (Å²) in [4.78, 5) is 12.6. The van der Waals surface area contributed by atoms with Crippen LogP contribution in [-0.4, -0.2) is 41.2 Å². The molecule has 5 rings (SSSR count). The van der Waals surface area contributed by atoms with Crippen molar-refractivity contribution < 1.29 is 9.13 Å². The maximum Gasteiger partial charge on any atom is 0.142 e. The smallest absolute Gasteiger partial charge is 0.142 e. The Labute approximate surface area is 176 Å². The average molecular weight is 428 g/mol. The second-order valence-electron chi connectivity index (χ2n) is 7.08. The number of hydrogen-bond acceptors (Lipinski definition) is 4. The summed E-state index contributed by atoms with van der Waals surface area (Å²) in [5.74, 6) is -0.423. The fourth-order valence-electron chi connectivity index (χ4n) is 3.67. The van der Waals surface area contributed by atoms with E-state index in [9.17, 15) is 4.39 Å². The third-order valence-corrected chi connectivity index (χ3v) is 6.71. The second-order valence-corrected chi connectivity index (χ2v) is 8.62. The van der Waals surface area contributed by atoms with E-state index in [0.29, 0.717) is 5.56 Å². The van der Waals surface area contributed by atoms with Crippen molar-refractivity contribution in [3.05, 3.63) is 64.5 Å². The van der Waals surface area contributed by atoms with E-state index in [1.165, 1.54) is 15.8 Å². The van der Waals surface area contributed by atoms with Gasteiger partial charge in [0.25, 0.3) is 0 Å². The molecule has 4 nitrogen and oxygen atoms in total. The topological polar surface area (TPSA) is 41.2 Å². The summed E-state index contributed by atoms with van der Waals surface area (Å²) in [6, 6.07) is 11.3. The van der Waals surface area contributed by atoms with E-state index >= 15 is 0 Å². The van der Waals surface area contributed by atoms with Gasteiger partial charge in [0.05, 0.1) is 18.2 Å². The summed E-state index contributed by atoms with van der Waals surface area (Å²) in [6.45, 7) is 4.50. The van der Waals surface area contributed by atoms with E-state index < -0.39 is 5.82 Å². The number of H-pyrrole nitrogens is 1. The third kappa shape index (κ3) is 3.69. The quantitative estimate of drug-likeness (QED) is 0.462. The molecule has 0 radical (unpaired) electrons. The zero-order valence-corrected chi connectivity index (χ0v) is 17.2. The first-order valence-corrected chi connectivity index (χ1v) is 10.7. The Morgan fingerprint density at radius 1 is 1.17 bits per heavy atom. The SMILES string of the molecule is Fc1cccc(-c2c[nH]c3ncc(-c4ccc(CN5CCOCC5)s4)cc23)c1Cl. The highest BCUT2D eigenvalue weighted by Gasteiger charge is 2.15. The Hall–Kier alpha value is -2.25. The molecule has 29 heavy (non-hydrogen) atoms. The highest BCUT2D eigenvalue weighted by Crippen LogP contribution is 2.37. The number of ether oxygens (including phenoxy) is 1. The highest BCUT2D eigenvalue weighted by atomic mass is 35.5. The van der Waals surface area contributed by atoms with Gasteiger partial charge in [0.15, 0.2) is 0 Å². The number of aromatic nitrogens is 2. The summed E-state index contributed by atoms with van der Waals surface area (Å²) in [5, 5.41) is 1.06. The predicted molar refractivity (Wildman–Crippen MR) is 116 cm³/mol. The van der Waals surface area contributed by atoms with Crippen molar-refractivity contribution in [3.63, 3.8) is 0 Å². The normalized spacial score (nSPS) is 15.2. The van der Waals surface area contributed by atoms with Gasteiger partial charge in [-0.1, -0.05) is 23.7 Å². The van der Waals surface area contributed by atoms with Gasteiger partial charge >= 0.3 is 0 Å². The minimum atomic E-state index is -0.423. The zero-order chi connectivity index (χ0) is 19.8. The lowest BCUT2D eigenvalue weighted by molar-refractivity contribution is 0.0346. The number of nitrogens with zero attached hydrogens (tertiary/aromatic N) is 2. The number of benzene rings is 1. The Bertz CT molecular complexity index is 1170. The first kappa shape index (κ1) is 18.8. The molecule has 0 amide bonds. The van der Waals surface area contributed by atoms with Crippen LogP contribution in [-0.2, 0) is 11.3 Å². The lowest BCUT2D eigenvalue weighted by atomic mass is 10.0. The monoisotopic (exact) mass is 427 g/mol. The molecule has 1 fully saturated rings. The fourth-order valence-corrected chi connectivity index (χ4v) is 4.93. The molecule has 3 aromatic heterocycles. The molecular formula is C22H19ClFN3OS. The Morgan fingerprint density at radius 2 is 2.03 bits per heavy atom. The maximum absolute atomic E-state index is 13.9. The van der Waals surface area contributed by atoms with Gasteiger partial charge in [-0.25, -0.2) is 9.37 Å². The van der Waals surface area contributed by atoms with E-state index in [-0.39, 0.29) is 5.02 Å². The third-order valence-electron chi connectivity index (χ3n) is 5.20. The van der Waals surface area contributed by atoms with Gasteiger partial charge in [-0.15, -0.1) is 11.3 Å². The molecule has 0 aliphatic carbocycles. The molecule has 7 heteroatoms. The molecule has 148 valence electrons. The Balaban J connectivity index is 1.48. The fraction of sp³-hybridized carbons (Fsp3) is 0.227. The molecule has 0 spiro atoms. The Morgan fingerprint density at radius 3 is 2.90 bits per heavy atom. The number of morpholine rings is 1. The van der Waals surface area contributed by atoms with Gasteiger partial charge in [0.2, 0.25) is 0 Å². The summed E-state index contributed by atoms with van der Waals surface area (Å²) in [5.41, 5.74) is 3.32. The summed E-state index contributed by atoms with van der Waals surface area (Å²) < 4.78 is 19.4. The van der Waals surface area contributed by atoms with E-state index in [1.807, 2.05) is 18.5 Å². The lowest BCUT2D eigenvalue weighted by Gasteiger charge is -2.25. The zero-order valence-electron chi connectivity index (χ0n) is 15.6. The van der Waals surface area contributed by atoms with Crippen molar-refractivity contribution in [1.82, 2.24) is 14.9 Å². The van der Waals surface area contributed by atoms with Crippen LogP contribution in [0.5, 0.6) is 0 Å². The van der Waals surface area contributed by atoms with Gasteiger partial charge in [-0.2, -0.15) is 0 Å². The van der Waals surface area contributed by atoms with E-state index in [4.69, 9.17) is 16.3 Å². The highest BCUT2D eigenvalue weighted by molar-refractivity contribution is 7.15. The largest absolute Gasteiger partial charge is 0.379 e. The van der Waals surface area contributed by atoms with Crippen molar-refractivity contribution in [2.24, 2.45) is 0 Å². The van der Waals surface area contributed by atoms with Crippen LogP contribution in [0, 0.1) is 5.82 Å². The minimum Gasteiger partial charge on any atom is -0.379 e. The molecule has 0 atom stereocenters. The van der Waals surface area contributed by atoms with Crippen LogP contribution in [0.15, 0.2) is 48.8 Å². The standard InChI is InChI=1S/C22H19ClFN3OS/c23-21-16(2-1-3-19(21)24)18-12-26-22-17(18)10-14(11-25-22)20-5-4-15(29-20)13-27-6-8-28-9-7-27/h1-5,10-12H,6-9,13H2,(H,25,26). The molecule has 0 unspecified atom stereocenters. The minimum absolute atomic E-state index is 0.128. The van der Waals surface area contributed by atoms with Crippen LogP contribution in [0.3, 0.4) is 0 Å². The van der Waals surface area contributed by atoms with Gasteiger partial charge in [-0.05, 0) is 24.3 Å². The molecule has 1 aromatic carbocycles. The molecule has 0 bridgehead atoms. The molecule has 1 aliphatic rings. The van der Waals surface area contributed by atoms with Crippen molar-refractivity contribution in [2.75, 3.05) is 26.3 Å². The molecule has 4 aromatic rings. The molecule has 1 aliphatic heterocycles. The van der Waals surface area contributed by atoms with E-state index in [2.05, 4.69) is 33.1 Å². The van der Waals surface area contributed by atoms with Crippen molar-refractivity contribution in [3.8, 4) is 21.6 Å². The summed E-state index contributed by atoms with van der Waals surface area (Å²) in [6.07, 6.45) is 3.71.